The fraction of sp³-hybridized carbons (Fsp3) is 0.333. The van der Waals surface area contributed by atoms with Gasteiger partial charge in [-0.1, -0.05) is 6.07 Å². The smallest absolute Gasteiger partial charge is 0.328 e. The molecule has 1 aliphatic rings. The predicted octanol–water partition coefficient (Wildman–Crippen LogP) is 1.70. The van der Waals surface area contributed by atoms with Crippen LogP contribution in [0, 0.1) is 11.3 Å². The maximum atomic E-state index is 12.4. The van der Waals surface area contributed by atoms with Gasteiger partial charge in [0.15, 0.2) is 0 Å². The second kappa shape index (κ2) is 6.66. The number of nitriles is 1. The topological polar surface area (TPSA) is 94.3 Å². The minimum Gasteiger partial charge on any atom is -0.478 e. The lowest BCUT2D eigenvalue weighted by Gasteiger charge is -2.20. The molecule has 21 heavy (non-hydrogen) atoms. The number of carboxylic acids is 1. The van der Waals surface area contributed by atoms with E-state index in [9.17, 15) is 9.59 Å². The number of nitrogens with zero attached hydrogens (tertiary/aromatic N) is 3. The minimum atomic E-state index is -1.04. The number of carbonyl (C=O) groups excluding carboxylic acids is 1. The van der Waals surface area contributed by atoms with Gasteiger partial charge < -0.3 is 10.0 Å². The summed E-state index contributed by atoms with van der Waals surface area (Å²) in [6.45, 7) is 0.419. The minimum absolute atomic E-state index is 0.179. The molecule has 1 amide bonds. The Kier molecular flexibility index (Phi) is 4.67. The highest BCUT2D eigenvalue weighted by atomic mass is 16.4. The van der Waals surface area contributed by atoms with Crippen LogP contribution in [0.5, 0.6) is 0 Å². The zero-order valence-electron chi connectivity index (χ0n) is 11.4. The van der Waals surface area contributed by atoms with Gasteiger partial charge in [0.25, 0.3) is 5.91 Å². The van der Waals surface area contributed by atoms with E-state index < -0.39 is 5.97 Å². The fourth-order valence-corrected chi connectivity index (χ4v) is 1.95. The summed E-state index contributed by atoms with van der Waals surface area (Å²) in [6.07, 6.45) is 6.14. The van der Waals surface area contributed by atoms with Crippen molar-refractivity contribution >= 4 is 18.0 Å². The monoisotopic (exact) mass is 285 g/mol. The Balaban J connectivity index is 2.07. The van der Waals surface area contributed by atoms with Gasteiger partial charge in [0.05, 0.1) is 12.5 Å². The molecule has 0 aromatic carbocycles. The Labute approximate surface area is 122 Å². The van der Waals surface area contributed by atoms with E-state index in [-0.39, 0.29) is 11.9 Å². The highest BCUT2D eigenvalue weighted by Gasteiger charge is 2.33. The molecule has 0 spiro atoms. The summed E-state index contributed by atoms with van der Waals surface area (Å²) in [5, 5.41) is 17.2. The van der Waals surface area contributed by atoms with Crippen molar-refractivity contribution in [3.8, 4) is 6.07 Å². The molecule has 2 rings (SSSR count). The molecule has 0 unspecified atom stereocenters. The normalized spacial score (nSPS) is 13.9. The Morgan fingerprint density at radius 2 is 2.24 bits per heavy atom. The van der Waals surface area contributed by atoms with Gasteiger partial charge in [-0.15, -0.1) is 0 Å². The molecular weight excluding hydrogens is 270 g/mol. The number of rotatable bonds is 6. The lowest BCUT2D eigenvalue weighted by Crippen LogP contribution is -2.34. The molecule has 6 heteroatoms. The molecule has 0 atom stereocenters. The molecule has 1 saturated carbocycles. The summed E-state index contributed by atoms with van der Waals surface area (Å²) in [5.74, 6) is -1.21. The zero-order valence-corrected chi connectivity index (χ0v) is 11.4. The van der Waals surface area contributed by atoms with Crippen molar-refractivity contribution in [2.24, 2.45) is 0 Å². The second-order valence-corrected chi connectivity index (χ2v) is 4.79. The molecule has 1 fully saturated rings. The largest absolute Gasteiger partial charge is 0.478 e. The summed E-state index contributed by atoms with van der Waals surface area (Å²) in [4.78, 5) is 28.5. The van der Waals surface area contributed by atoms with Crippen LogP contribution in [0.4, 0.5) is 0 Å². The van der Waals surface area contributed by atoms with Gasteiger partial charge >= 0.3 is 5.97 Å². The summed E-state index contributed by atoms with van der Waals surface area (Å²) in [6, 6.07) is 5.49. The average molecular weight is 285 g/mol. The summed E-state index contributed by atoms with van der Waals surface area (Å²) < 4.78 is 0. The zero-order chi connectivity index (χ0) is 15.2. The third-order valence-corrected chi connectivity index (χ3v) is 3.14. The lowest BCUT2D eigenvalue weighted by molar-refractivity contribution is -0.131. The first-order valence-corrected chi connectivity index (χ1v) is 6.67. The number of pyridine rings is 1. The molecule has 6 nitrogen and oxygen atoms in total. The molecule has 1 aromatic rings. The Morgan fingerprint density at radius 3 is 2.76 bits per heavy atom. The van der Waals surface area contributed by atoms with Gasteiger partial charge in [-0.2, -0.15) is 5.26 Å². The van der Waals surface area contributed by atoms with Crippen LogP contribution in [0.15, 0.2) is 24.4 Å². The third-order valence-electron chi connectivity index (χ3n) is 3.14. The van der Waals surface area contributed by atoms with Crippen LogP contribution in [0.25, 0.3) is 6.08 Å². The van der Waals surface area contributed by atoms with Crippen molar-refractivity contribution in [1.29, 1.82) is 5.26 Å². The lowest BCUT2D eigenvalue weighted by atomic mass is 10.2. The van der Waals surface area contributed by atoms with Gasteiger partial charge in [0.1, 0.15) is 5.69 Å². The molecule has 108 valence electrons. The Bertz CT molecular complexity index is 598. The number of hydrogen-bond donors (Lipinski definition) is 1. The van der Waals surface area contributed by atoms with Gasteiger partial charge in [-0.05, 0) is 30.5 Å². The van der Waals surface area contributed by atoms with Crippen molar-refractivity contribution in [2.75, 3.05) is 6.54 Å². The number of hydrogen-bond acceptors (Lipinski definition) is 4. The number of aliphatic carboxylic acids is 1. The average Bonchev–Trinajstić information content (AvgIpc) is 3.30. The van der Waals surface area contributed by atoms with E-state index in [1.807, 2.05) is 6.07 Å². The van der Waals surface area contributed by atoms with E-state index >= 15 is 0 Å². The molecular formula is C15H15N3O3. The van der Waals surface area contributed by atoms with Crippen molar-refractivity contribution in [2.45, 2.75) is 25.3 Å². The van der Waals surface area contributed by atoms with Gasteiger partial charge in [-0.25, -0.2) is 4.79 Å². The molecule has 0 radical (unpaired) electrons. The molecule has 1 heterocycles. The first-order valence-electron chi connectivity index (χ1n) is 6.67. The van der Waals surface area contributed by atoms with Crippen LogP contribution in [-0.2, 0) is 4.79 Å². The van der Waals surface area contributed by atoms with Crippen LogP contribution in [0.3, 0.4) is 0 Å². The summed E-state index contributed by atoms with van der Waals surface area (Å²) in [7, 11) is 0. The highest BCUT2D eigenvalue weighted by molar-refractivity contribution is 5.93. The Morgan fingerprint density at radius 1 is 1.48 bits per heavy atom. The van der Waals surface area contributed by atoms with E-state index in [4.69, 9.17) is 10.4 Å². The van der Waals surface area contributed by atoms with Gasteiger partial charge in [0.2, 0.25) is 0 Å². The van der Waals surface area contributed by atoms with Crippen molar-refractivity contribution < 1.29 is 14.7 Å². The SMILES string of the molecule is N#CCCN(C(=O)c1ccc(C=CC(=O)O)cn1)C1CC1. The van der Waals surface area contributed by atoms with Crippen molar-refractivity contribution in [1.82, 2.24) is 9.88 Å². The number of carboxylic acid groups (broad SMARTS) is 1. The van der Waals surface area contributed by atoms with Crippen LogP contribution in [0.2, 0.25) is 0 Å². The fourth-order valence-electron chi connectivity index (χ4n) is 1.95. The van der Waals surface area contributed by atoms with E-state index in [0.717, 1.165) is 18.9 Å². The quantitative estimate of drug-likeness (QED) is 0.803. The summed E-state index contributed by atoms with van der Waals surface area (Å²) in [5.41, 5.74) is 0.927. The first kappa shape index (κ1) is 14.7. The molecule has 0 bridgehead atoms. The summed E-state index contributed by atoms with van der Waals surface area (Å²) >= 11 is 0. The van der Waals surface area contributed by atoms with E-state index in [1.165, 1.54) is 12.3 Å². The Hall–Kier alpha value is -2.68. The molecule has 0 saturated heterocycles. The number of aromatic nitrogens is 1. The van der Waals surface area contributed by atoms with Crippen molar-refractivity contribution in [3.63, 3.8) is 0 Å². The molecule has 1 aliphatic carbocycles. The maximum Gasteiger partial charge on any atom is 0.328 e. The van der Waals surface area contributed by atoms with Crippen LogP contribution in [-0.4, -0.2) is 39.5 Å². The number of amides is 1. The van der Waals surface area contributed by atoms with Gasteiger partial charge in [-0.3, -0.25) is 9.78 Å². The van der Waals surface area contributed by atoms with Crippen molar-refractivity contribution in [3.05, 3.63) is 35.7 Å². The first-order chi connectivity index (χ1) is 10.1. The standard InChI is InChI=1S/C15H15N3O3/c16-8-1-9-18(12-4-5-12)15(21)13-6-2-11(10-17-13)3-7-14(19)20/h2-3,6-7,10,12H,1,4-5,9H2,(H,19,20). The third kappa shape index (κ3) is 4.14. The van der Waals surface area contributed by atoms with E-state index in [2.05, 4.69) is 4.98 Å². The van der Waals surface area contributed by atoms with Crippen LogP contribution < -0.4 is 0 Å². The molecule has 1 aromatic heterocycles. The number of carbonyl (C=O) groups is 2. The molecule has 1 N–H and O–H groups in total. The van der Waals surface area contributed by atoms with Crippen LogP contribution in [0.1, 0.15) is 35.3 Å². The maximum absolute atomic E-state index is 12.4. The second-order valence-electron chi connectivity index (χ2n) is 4.79. The highest BCUT2D eigenvalue weighted by Crippen LogP contribution is 2.28. The molecule has 0 aliphatic heterocycles. The van der Waals surface area contributed by atoms with E-state index in [1.54, 1.807) is 17.0 Å². The van der Waals surface area contributed by atoms with Gasteiger partial charge in [0, 0.05) is 24.9 Å². The van der Waals surface area contributed by atoms with Crippen LogP contribution >= 0.6 is 0 Å². The van der Waals surface area contributed by atoms with E-state index in [0.29, 0.717) is 24.2 Å². The predicted molar refractivity (Wildman–Crippen MR) is 75.2 cm³/mol.